The van der Waals surface area contributed by atoms with E-state index in [4.69, 9.17) is 14.2 Å². The fraction of sp³-hybridized carbons (Fsp3) is 0.786. The Morgan fingerprint density at radius 2 is 1.30 bits per heavy atom. The highest BCUT2D eigenvalue weighted by molar-refractivity contribution is 7.81. The van der Waals surface area contributed by atoms with Gasteiger partial charge in [0.25, 0.3) is 0 Å². The van der Waals surface area contributed by atoms with Gasteiger partial charge in [-0.15, -0.1) is 0 Å². The van der Waals surface area contributed by atoms with Crippen LogP contribution in [0.15, 0.2) is 0 Å². The SMILES string of the molecule is CCC(COCC(=O)CS)(COCC(=O)CS)COC(=O)CS. The average Bonchev–Trinajstić information content (AvgIpc) is 2.58. The van der Waals surface area contributed by atoms with E-state index >= 15 is 0 Å². The molecule has 0 bridgehead atoms. The summed E-state index contributed by atoms with van der Waals surface area (Å²) in [4.78, 5) is 33.8. The molecule has 0 aromatic heterocycles. The first kappa shape index (κ1) is 22.8. The molecule has 0 spiro atoms. The molecule has 0 heterocycles. The van der Waals surface area contributed by atoms with Crippen LogP contribution in [0.2, 0.25) is 0 Å². The molecule has 0 saturated heterocycles. The third kappa shape index (κ3) is 10.3. The molecule has 23 heavy (non-hydrogen) atoms. The predicted octanol–water partition coefficient (Wildman–Crippen LogP) is 0.887. The van der Waals surface area contributed by atoms with Crippen molar-refractivity contribution >= 4 is 55.4 Å². The van der Waals surface area contributed by atoms with Crippen molar-refractivity contribution in [1.29, 1.82) is 0 Å². The van der Waals surface area contributed by atoms with Crippen LogP contribution in [0.25, 0.3) is 0 Å². The third-order valence-electron chi connectivity index (χ3n) is 3.11. The van der Waals surface area contributed by atoms with Gasteiger partial charge in [-0.1, -0.05) is 6.92 Å². The molecule has 0 unspecified atom stereocenters. The second kappa shape index (κ2) is 13.1. The highest BCUT2D eigenvalue weighted by atomic mass is 32.1. The Hall–Kier alpha value is -0.220. The molecule has 9 heteroatoms. The maximum Gasteiger partial charge on any atom is 0.315 e. The monoisotopic (exact) mass is 384 g/mol. The number of hydrogen-bond donors (Lipinski definition) is 3. The van der Waals surface area contributed by atoms with Gasteiger partial charge in [-0.2, -0.15) is 37.9 Å². The number of ketones is 2. The second-order valence-corrected chi connectivity index (χ2v) is 6.00. The van der Waals surface area contributed by atoms with E-state index in [1.807, 2.05) is 6.92 Å². The Bertz CT molecular complexity index is 367. The van der Waals surface area contributed by atoms with Gasteiger partial charge >= 0.3 is 5.97 Å². The first-order chi connectivity index (χ1) is 10.9. The van der Waals surface area contributed by atoms with Crippen LogP contribution < -0.4 is 0 Å². The van der Waals surface area contributed by atoms with Gasteiger partial charge < -0.3 is 14.2 Å². The lowest BCUT2D eigenvalue weighted by Crippen LogP contribution is -2.39. The van der Waals surface area contributed by atoms with Crippen molar-refractivity contribution in [3.8, 4) is 0 Å². The van der Waals surface area contributed by atoms with Gasteiger partial charge in [-0.25, -0.2) is 0 Å². The van der Waals surface area contributed by atoms with Crippen LogP contribution in [0.1, 0.15) is 13.3 Å². The molecule has 0 aromatic carbocycles. The molecule has 6 nitrogen and oxygen atoms in total. The van der Waals surface area contributed by atoms with Gasteiger partial charge in [0.05, 0.1) is 35.9 Å². The van der Waals surface area contributed by atoms with Crippen LogP contribution in [-0.2, 0) is 28.6 Å². The van der Waals surface area contributed by atoms with Gasteiger partial charge in [0, 0.05) is 0 Å². The van der Waals surface area contributed by atoms with E-state index in [1.54, 1.807) is 0 Å². The van der Waals surface area contributed by atoms with Gasteiger partial charge in [0.15, 0.2) is 11.6 Å². The van der Waals surface area contributed by atoms with Crippen LogP contribution in [0, 0.1) is 5.41 Å². The summed E-state index contributed by atoms with van der Waals surface area (Å²) in [6, 6.07) is 0. The zero-order valence-corrected chi connectivity index (χ0v) is 15.8. The minimum absolute atomic E-state index is 0.0300. The number of hydrogen-bond acceptors (Lipinski definition) is 9. The highest BCUT2D eigenvalue weighted by Gasteiger charge is 2.31. The lowest BCUT2D eigenvalue weighted by molar-refractivity contribution is -0.150. The van der Waals surface area contributed by atoms with Crippen molar-refractivity contribution in [2.24, 2.45) is 5.41 Å². The van der Waals surface area contributed by atoms with E-state index in [0.717, 1.165) is 0 Å². The molecule has 0 aliphatic rings. The number of esters is 1. The highest BCUT2D eigenvalue weighted by Crippen LogP contribution is 2.24. The molecule has 0 amide bonds. The van der Waals surface area contributed by atoms with Gasteiger partial charge in [0.1, 0.15) is 19.8 Å². The van der Waals surface area contributed by atoms with E-state index in [-0.39, 0.29) is 61.9 Å². The second-order valence-electron chi connectivity index (χ2n) is 5.05. The van der Waals surface area contributed by atoms with E-state index in [0.29, 0.717) is 6.42 Å². The molecule has 134 valence electrons. The maximum atomic E-state index is 11.3. The molecule has 0 aliphatic carbocycles. The molecule has 0 radical (unpaired) electrons. The summed E-state index contributed by atoms with van der Waals surface area (Å²) in [7, 11) is 0. The summed E-state index contributed by atoms with van der Waals surface area (Å²) in [6.07, 6.45) is 0.580. The van der Waals surface area contributed by atoms with E-state index in [2.05, 4.69) is 37.9 Å². The maximum absolute atomic E-state index is 11.3. The Kier molecular flexibility index (Phi) is 13.0. The van der Waals surface area contributed by atoms with Crippen molar-refractivity contribution in [3.63, 3.8) is 0 Å². The Balaban J connectivity index is 4.65. The third-order valence-corrected chi connectivity index (χ3v) is 4.08. The summed E-state index contributed by atoms with van der Waals surface area (Å²) in [6.45, 7) is 2.15. The van der Waals surface area contributed by atoms with E-state index < -0.39 is 11.4 Å². The molecule has 0 N–H and O–H groups in total. The average molecular weight is 385 g/mol. The number of rotatable bonds is 14. The number of thiol groups is 3. The largest absolute Gasteiger partial charge is 0.464 e. The molecule has 0 aliphatic heterocycles. The van der Waals surface area contributed by atoms with Crippen molar-refractivity contribution in [2.45, 2.75) is 13.3 Å². The Labute approximate surface area is 153 Å². The lowest BCUT2D eigenvalue weighted by atomic mass is 9.88. The van der Waals surface area contributed by atoms with Crippen LogP contribution in [-0.4, -0.2) is 67.8 Å². The number of ether oxygens (including phenoxy) is 3. The topological polar surface area (TPSA) is 78.9 Å². The smallest absolute Gasteiger partial charge is 0.315 e. The van der Waals surface area contributed by atoms with Crippen LogP contribution in [0.5, 0.6) is 0 Å². The molecular formula is C14H24O6S3. The first-order valence-corrected chi connectivity index (χ1v) is 9.00. The zero-order chi connectivity index (χ0) is 17.7. The number of carbonyl (C=O) groups excluding carboxylic acids is 3. The predicted molar refractivity (Wildman–Crippen MR) is 96.9 cm³/mol. The summed E-state index contributed by atoms with van der Waals surface area (Å²) in [5.41, 5.74) is -0.633. The number of Topliss-reactive ketones (excluding diaryl/α,β-unsaturated/α-hetero) is 2. The van der Waals surface area contributed by atoms with Gasteiger partial charge in [-0.3, -0.25) is 14.4 Å². The van der Waals surface area contributed by atoms with Crippen molar-refractivity contribution < 1.29 is 28.6 Å². The quantitative estimate of drug-likeness (QED) is 0.305. The lowest BCUT2D eigenvalue weighted by Gasteiger charge is -2.31. The first-order valence-electron chi connectivity index (χ1n) is 7.10. The molecule has 0 saturated carbocycles. The summed E-state index contributed by atoms with van der Waals surface area (Å²) >= 11 is 11.6. The van der Waals surface area contributed by atoms with E-state index in [9.17, 15) is 14.4 Å². The fourth-order valence-electron chi connectivity index (χ4n) is 1.56. The Morgan fingerprint density at radius 3 is 1.65 bits per heavy atom. The van der Waals surface area contributed by atoms with Crippen molar-refractivity contribution in [3.05, 3.63) is 0 Å². The standard InChI is InChI=1S/C14H24O6S3/c1-2-14(10-20-13(17)7-23,8-18-3-11(15)5-21)9-19-4-12(16)6-22/h21-23H,2-10H2,1H3. The number of carbonyl (C=O) groups is 3. The molecule has 0 rings (SSSR count). The van der Waals surface area contributed by atoms with Gasteiger partial charge in [-0.05, 0) is 6.42 Å². The Morgan fingerprint density at radius 1 is 0.826 bits per heavy atom. The molecule has 0 atom stereocenters. The fourth-order valence-corrected chi connectivity index (χ4v) is 1.84. The zero-order valence-electron chi connectivity index (χ0n) is 13.2. The summed E-state index contributed by atoms with van der Waals surface area (Å²) in [5, 5.41) is 0. The molecule has 0 fully saturated rings. The minimum atomic E-state index is -0.633. The van der Waals surface area contributed by atoms with Crippen molar-refractivity contribution in [2.75, 3.05) is 50.3 Å². The minimum Gasteiger partial charge on any atom is -0.464 e. The van der Waals surface area contributed by atoms with Crippen LogP contribution in [0.4, 0.5) is 0 Å². The van der Waals surface area contributed by atoms with Crippen molar-refractivity contribution in [1.82, 2.24) is 0 Å². The van der Waals surface area contributed by atoms with Crippen LogP contribution >= 0.6 is 37.9 Å². The normalized spacial score (nSPS) is 11.3. The van der Waals surface area contributed by atoms with Gasteiger partial charge in [0.2, 0.25) is 0 Å². The summed E-state index contributed by atoms with van der Waals surface area (Å²) in [5.74, 6) is -0.572. The summed E-state index contributed by atoms with van der Waals surface area (Å²) < 4.78 is 15.9. The van der Waals surface area contributed by atoms with E-state index in [1.165, 1.54) is 0 Å². The van der Waals surface area contributed by atoms with Crippen LogP contribution in [0.3, 0.4) is 0 Å². The molecule has 0 aromatic rings. The molecular weight excluding hydrogens is 360 g/mol.